The molecule has 1 aromatic rings. The highest BCUT2D eigenvalue weighted by atomic mass is 19.4. The smallest absolute Gasteiger partial charge is 0.416 e. The van der Waals surface area contributed by atoms with Gasteiger partial charge in [0.05, 0.1) is 12.7 Å². The fourth-order valence-electron chi connectivity index (χ4n) is 2.69. The summed E-state index contributed by atoms with van der Waals surface area (Å²) in [4.78, 5) is 11.6. The number of hydrogen-bond donors (Lipinski definition) is 1. The zero-order chi connectivity index (χ0) is 16.3. The maximum atomic E-state index is 12.9. The van der Waals surface area contributed by atoms with Crippen LogP contribution in [-0.2, 0) is 22.4 Å². The molecule has 7 heteroatoms. The molecule has 1 aromatic carbocycles. The normalized spacial score (nSPS) is 22.4. The van der Waals surface area contributed by atoms with Crippen LogP contribution >= 0.6 is 0 Å². The van der Waals surface area contributed by atoms with Crippen LogP contribution in [0.2, 0.25) is 0 Å². The Labute approximate surface area is 125 Å². The van der Waals surface area contributed by atoms with Crippen molar-refractivity contribution in [3.63, 3.8) is 0 Å². The standard InChI is InChI=1S/C15H17F4NO2/c1-22-14(21)13-4-2-3-12(20-13)10-5-9(8-16)6-11(7-10)15(17,18)19/h5-7,12-13,20H,2-4,8H2,1H3. The lowest BCUT2D eigenvalue weighted by Crippen LogP contribution is -2.43. The van der Waals surface area contributed by atoms with E-state index in [0.29, 0.717) is 24.8 Å². The molecule has 1 fully saturated rings. The molecule has 1 aliphatic heterocycles. The van der Waals surface area contributed by atoms with Gasteiger partial charge in [-0.25, -0.2) is 4.39 Å². The SMILES string of the molecule is COC(=O)C1CCCC(c2cc(CF)cc(C(F)(F)F)c2)N1. The highest BCUT2D eigenvalue weighted by Gasteiger charge is 2.33. The number of esters is 1. The van der Waals surface area contributed by atoms with Crippen LogP contribution in [0, 0.1) is 0 Å². The molecule has 2 atom stereocenters. The van der Waals surface area contributed by atoms with Crippen LogP contribution in [0.1, 0.15) is 42.0 Å². The lowest BCUT2D eigenvalue weighted by Gasteiger charge is -2.30. The summed E-state index contributed by atoms with van der Waals surface area (Å²) in [5.74, 6) is -0.442. The van der Waals surface area contributed by atoms with E-state index in [-0.39, 0.29) is 5.56 Å². The third-order valence-corrected chi connectivity index (χ3v) is 3.77. The van der Waals surface area contributed by atoms with Gasteiger partial charge in [-0.3, -0.25) is 10.1 Å². The molecule has 2 unspecified atom stereocenters. The van der Waals surface area contributed by atoms with Gasteiger partial charge in [0.2, 0.25) is 0 Å². The van der Waals surface area contributed by atoms with Crippen LogP contribution in [0.3, 0.4) is 0 Å². The Kier molecular flexibility index (Phi) is 5.05. The molecule has 0 radical (unpaired) electrons. The first kappa shape index (κ1) is 16.7. The van der Waals surface area contributed by atoms with Gasteiger partial charge in [-0.05, 0) is 42.5 Å². The van der Waals surface area contributed by atoms with E-state index in [4.69, 9.17) is 0 Å². The Balaban J connectivity index is 2.29. The van der Waals surface area contributed by atoms with E-state index in [0.717, 1.165) is 12.1 Å². The Morgan fingerprint density at radius 1 is 1.32 bits per heavy atom. The zero-order valence-corrected chi connectivity index (χ0v) is 12.0. The van der Waals surface area contributed by atoms with Crippen LogP contribution in [0.25, 0.3) is 0 Å². The number of piperidine rings is 1. The van der Waals surface area contributed by atoms with E-state index in [2.05, 4.69) is 10.1 Å². The lowest BCUT2D eigenvalue weighted by atomic mass is 9.91. The molecule has 0 aliphatic carbocycles. The molecule has 1 aliphatic rings. The molecule has 22 heavy (non-hydrogen) atoms. The molecule has 1 saturated heterocycles. The predicted molar refractivity (Wildman–Crippen MR) is 71.8 cm³/mol. The molecule has 0 bridgehead atoms. The van der Waals surface area contributed by atoms with Gasteiger partial charge in [-0.1, -0.05) is 6.07 Å². The van der Waals surface area contributed by atoms with E-state index >= 15 is 0 Å². The van der Waals surface area contributed by atoms with Crippen molar-refractivity contribution in [2.75, 3.05) is 7.11 Å². The van der Waals surface area contributed by atoms with E-state index in [9.17, 15) is 22.4 Å². The molecule has 0 amide bonds. The summed E-state index contributed by atoms with van der Waals surface area (Å²) >= 11 is 0. The summed E-state index contributed by atoms with van der Waals surface area (Å²) in [7, 11) is 1.26. The van der Waals surface area contributed by atoms with Gasteiger partial charge < -0.3 is 4.74 Å². The number of rotatable bonds is 3. The Bertz CT molecular complexity index is 545. The molecule has 2 rings (SSSR count). The lowest BCUT2D eigenvalue weighted by molar-refractivity contribution is -0.144. The van der Waals surface area contributed by atoms with Gasteiger partial charge in [-0.15, -0.1) is 0 Å². The first-order chi connectivity index (χ1) is 10.3. The molecule has 0 spiro atoms. The average Bonchev–Trinajstić information content (AvgIpc) is 2.52. The van der Waals surface area contributed by atoms with Crippen molar-refractivity contribution >= 4 is 5.97 Å². The quantitative estimate of drug-likeness (QED) is 0.684. The fraction of sp³-hybridized carbons (Fsp3) is 0.533. The zero-order valence-electron chi connectivity index (χ0n) is 12.0. The van der Waals surface area contributed by atoms with Crippen molar-refractivity contribution < 1.29 is 27.1 Å². The van der Waals surface area contributed by atoms with Gasteiger partial charge in [0.25, 0.3) is 0 Å². The number of methoxy groups -OCH3 is 1. The van der Waals surface area contributed by atoms with Gasteiger partial charge >= 0.3 is 12.1 Å². The molecular formula is C15H17F4NO2. The number of hydrogen-bond acceptors (Lipinski definition) is 3. The number of carbonyl (C=O) groups is 1. The van der Waals surface area contributed by atoms with E-state index < -0.39 is 36.5 Å². The number of alkyl halides is 4. The van der Waals surface area contributed by atoms with Crippen molar-refractivity contribution in [3.05, 3.63) is 34.9 Å². The Hall–Kier alpha value is -1.63. The van der Waals surface area contributed by atoms with Crippen molar-refractivity contribution in [2.24, 2.45) is 0 Å². The molecule has 1 heterocycles. The minimum Gasteiger partial charge on any atom is -0.468 e. The van der Waals surface area contributed by atoms with Crippen molar-refractivity contribution in [3.8, 4) is 0 Å². The maximum absolute atomic E-state index is 12.9. The average molecular weight is 319 g/mol. The third kappa shape index (κ3) is 3.76. The van der Waals surface area contributed by atoms with Gasteiger partial charge in [0.15, 0.2) is 0 Å². The fourth-order valence-corrected chi connectivity index (χ4v) is 2.69. The third-order valence-electron chi connectivity index (χ3n) is 3.77. The minimum atomic E-state index is -4.53. The summed E-state index contributed by atoms with van der Waals surface area (Å²) in [5, 5.41) is 2.99. The summed E-state index contributed by atoms with van der Waals surface area (Å²) in [6.45, 7) is -0.968. The molecular weight excluding hydrogens is 302 g/mol. The number of nitrogens with one attached hydrogen (secondary N) is 1. The van der Waals surface area contributed by atoms with Crippen LogP contribution < -0.4 is 5.32 Å². The van der Waals surface area contributed by atoms with Crippen LogP contribution in [0.15, 0.2) is 18.2 Å². The summed E-state index contributed by atoms with van der Waals surface area (Å²) < 4.78 is 56.2. The van der Waals surface area contributed by atoms with E-state index in [1.165, 1.54) is 13.2 Å². The summed E-state index contributed by atoms with van der Waals surface area (Å²) in [6, 6.07) is 2.25. The highest BCUT2D eigenvalue weighted by molar-refractivity contribution is 5.75. The predicted octanol–water partition coefficient (Wildman–Crippen LogP) is 3.53. The second-order valence-electron chi connectivity index (χ2n) is 5.32. The number of carbonyl (C=O) groups excluding carboxylic acids is 1. The highest BCUT2D eigenvalue weighted by Crippen LogP contribution is 2.34. The Morgan fingerprint density at radius 3 is 2.64 bits per heavy atom. The van der Waals surface area contributed by atoms with Crippen LogP contribution in [0.4, 0.5) is 17.6 Å². The maximum Gasteiger partial charge on any atom is 0.416 e. The minimum absolute atomic E-state index is 0.0215. The number of benzene rings is 1. The summed E-state index contributed by atoms with van der Waals surface area (Å²) in [6.07, 6.45) is -2.70. The largest absolute Gasteiger partial charge is 0.468 e. The topological polar surface area (TPSA) is 38.3 Å². The molecule has 0 aromatic heterocycles. The van der Waals surface area contributed by atoms with Crippen LogP contribution in [-0.4, -0.2) is 19.1 Å². The first-order valence-electron chi connectivity index (χ1n) is 6.96. The van der Waals surface area contributed by atoms with Gasteiger partial charge in [0, 0.05) is 6.04 Å². The first-order valence-corrected chi connectivity index (χ1v) is 6.96. The second kappa shape index (κ2) is 6.64. The van der Waals surface area contributed by atoms with Gasteiger partial charge in [-0.2, -0.15) is 13.2 Å². The Morgan fingerprint density at radius 2 is 2.05 bits per heavy atom. The van der Waals surface area contributed by atoms with E-state index in [1.807, 2.05) is 0 Å². The van der Waals surface area contributed by atoms with Gasteiger partial charge in [0.1, 0.15) is 12.7 Å². The van der Waals surface area contributed by atoms with Crippen molar-refractivity contribution in [1.29, 1.82) is 0 Å². The molecule has 0 saturated carbocycles. The molecule has 3 nitrogen and oxygen atoms in total. The number of ether oxygens (including phenoxy) is 1. The summed E-state index contributed by atoms with van der Waals surface area (Å²) in [5.41, 5.74) is -0.553. The van der Waals surface area contributed by atoms with Crippen molar-refractivity contribution in [1.82, 2.24) is 5.32 Å². The van der Waals surface area contributed by atoms with E-state index in [1.54, 1.807) is 0 Å². The molecule has 1 N–H and O–H groups in total. The number of halogens is 4. The molecule has 122 valence electrons. The van der Waals surface area contributed by atoms with Crippen molar-refractivity contribution in [2.45, 2.75) is 44.2 Å². The second-order valence-corrected chi connectivity index (χ2v) is 5.32. The monoisotopic (exact) mass is 319 g/mol. The van der Waals surface area contributed by atoms with Crippen LogP contribution in [0.5, 0.6) is 0 Å².